The number of amides is 2. The van der Waals surface area contributed by atoms with Gasteiger partial charge < -0.3 is 15.4 Å². The summed E-state index contributed by atoms with van der Waals surface area (Å²) in [6.45, 7) is 4.22. The van der Waals surface area contributed by atoms with Crippen molar-refractivity contribution in [2.45, 2.75) is 26.5 Å². The summed E-state index contributed by atoms with van der Waals surface area (Å²) in [7, 11) is 1.08. The largest absolute Gasteiger partial charge is 0.457 e. The predicted octanol–water partition coefficient (Wildman–Crippen LogP) is 6.53. The van der Waals surface area contributed by atoms with Gasteiger partial charge in [-0.25, -0.2) is 0 Å². The maximum atomic E-state index is 12.5. The van der Waals surface area contributed by atoms with Crippen LogP contribution in [0.4, 0.5) is 11.4 Å². The second-order valence-electron chi connectivity index (χ2n) is 8.56. The lowest BCUT2D eigenvalue weighted by Gasteiger charge is -2.10. The predicted molar refractivity (Wildman–Crippen MR) is 148 cm³/mol. The number of benzene rings is 4. The van der Waals surface area contributed by atoms with E-state index in [1.54, 1.807) is 48.5 Å². The molecule has 180 valence electrons. The van der Waals surface area contributed by atoms with E-state index in [0.717, 1.165) is 20.0 Å². The molecule has 5 nitrogen and oxygen atoms in total. The van der Waals surface area contributed by atoms with Crippen molar-refractivity contribution in [2.24, 2.45) is 0 Å². The van der Waals surface area contributed by atoms with E-state index in [1.165, 1.54) is 11.1 Å². The smallest absolute Gasteiger partial charge is 0.255 e. The SMILES string of the molecule is CBCc1ccc(C(=O)Nc2ccc(Oc3ccc(NC(=O)c4ccc(CC)cc4)cc3)cc2)cc1. The Morgan fingerprint density at radius 1 is 0.639 bits per heavy atom. The summed E-state index contributed by atoms with van der Waals surface area (Å²) in [6.07, 6.45) is 1.95. The number of carbonyl (C=O) groups excluding carboxylic acids is 2. The van der Waals surface area contributed by atoms with Crippen LogP contribution in [0.2, 0.25) is 6.82 Å². The fourth-order valence-corrected chi connectivity index (χ4v) is 3.76. The van der Waals surface area contributed by atoms with Crippen molar-refractivity contribution >= 4 is 30.5 Å². The van der Waals surface area contributed by atoms with Gasteiger partial charge in [-0.3, -0.25) is 9.59 Å². The molecule has 4 rings (SSSR count). The number of hydrogen-bond acceptors (Lipinski definition) is 3. The Hall–Kier alpha value is -4.32. The molecule has 4 aromatic rings. The van der Waals surface area contributed by atoms with Crippen LogP contribution in [0, 0.1) is 0 Å². The molecule has 2 N–H and O–H groups in total. The summed E-state index contributed by atoms with van der Waals surface area (Å²) < 4.78 is 5.90. The molecular weight excluding hydrogens is 447 g/mol. The molecule has 0 unspecified atom stereocenters. The number of carbonyl (C=O) groups is 2. The molecule has 0 spiro atoms. The number of rotatable bonds is 9. The Balaban J connectivity index is 1.30. The van der Waals surface area contributed by atoms with E-state index < -0.39 is 0 Å². The standard InChI is InChI=1S/C30H29BN2O3/c1-3-21-4-8-23(9-5-21)29(34)32-25-12-16-27(17-13-25)36-28-18-14-26(15-19-28)33-30(35)24-10-6-22(7-11-24)20-31-2/h4-19,31H,3,20H2,1-2H3,(H,32,34)(H,33,35). The summed E-state index contributed by atoms with van der Waals surface area (Å²) >= 11 is 0. The topological polar surface area (TPSA) is 67.4 Å². The maximum Gasteiger partial charge on any atom is 0.255 e. The molecule has 0 aromatic heterocycles. The summed E-state index contributed by atoms with van der Waals surface area (Å²) in [4.78, 5) is 25.0. The number of hydrogen-bond donors (Lipinski definition) is 2. The van der Waals surface area contributed by atoms with Crippen LogP contribution in [-0.4, -0.2) is 19.1 Å². The van der Waals surface area contributed by atoms with Crippen LogP contribution in [0.15, 0.2) is 97.1 Å². The molecule has 4 aromatic carbocycles. The van der Waals surface area contributed by atoms with Gasteiger partial charge in [-0.2, -0.15) is 0 Å². The molecule has 6 heteroatoms. The van der Waals surface area contributed by atoms with Gasteiger partial charge in [-0.05, 0) is 84.8 Å². The minimum atomic E-state index is -0.152. The minimum Gasteiger partial charge on any atom is -0.457 e. The van der Waals surface area contributed by atoms with Gasteiger partial charge >= 0.3 is 0 Å². The zero-order valence-corrected chi connectivity index (χ0v) is 20.6. The summed E-state index contributed by atoms with van der Waals surface area (Å²) in [6, 6.07) is 29.7. The van der Waals surface area contributed by atoms with E-state index in [1.807, 2.05) is 48.5 Å². The van der Waals surface area contributed by atoms with Crippen molar-refractivity contribution in [3.8, 4) is 11.5 Å². The Kier molecular flexibility index (Phi) is 8.19. The summed E-state index contributed by atoms with van der Waals surface area (Å²) in [5.41, 5.74) is 5.05. The monoisotopic (exact) mass is 476 g/mol. The van der Waals surface area contributed by atoms with E-state index in [0.29, 0.717) is 34.0 Å². The van der Waals surface area contributed by atoms with Crippen LogP contribution in [0.3, 0.4) is 0 Å². The molecule has 0 bridgehead atoms. The lowest BCUT2D eigenvalue weighted by atomic mass is 9.75. The summed E-state index contributed by atoms with van der Waals surface area (Å²) in [5, 5.41) is 5.81. The fraction of sp³-hybridized carbons (Fsp3) is 0.133. The Morgan fingerprint density at radius 3 is 1.44 bits per heavy atom. The van der Waals surface area contributed by atoms with Crippen LogP contribution in [0.5, 0.6) is 11.5 Å². The third kappa shape index (κ3) is 6.63. The van der Waals surface area contributed by atoms with Crippen LogP contribution < -0.4 is 15.4 Å². The van der Waals surface area contributed by atoms with Crippen molar-refractivity contribution in [1.29, 1.82) is 0 Å². The van der Waals surface area contributed by atoms with Gasteiger partial charge in [0.1, 0.15) is 18.8 Å². The molecule has 0 radical (unpaired) electrons. The van der Waals surface area contributed by atoms with Crippen molar-refractivity contribution < 1.29 is 14.3 Å². The van der Waals surface area contributed by atoms with Gasteiger partial charge in [0, 0.05) is 22.5 Å². The molecule has 0 fully saturated rings. The van der Waals surface area contributed by atoms with E-state index in [2.05, 4.69) is 24.4 Å². The van der Waals surface area contributed by atoms with Crippen molar-refractivity contribution in [3.05, 3.63) is 119 Å². The molecular formula is C30H29BN2O3. The molecule has 0 saturated heterocycles. The van der Waals surface area contributed by atoms with Crippen molar-refractivity contribution in [2.75, 3.05) is 10.6 Å². The van der Waals surface area contributed by atoms with E-state index >= 15 is 0 Å². The highest BCUT2D eigenvalue weighted by Crippen LogP contribution is 2.25. The lowest BCUT2D eigenvalue weighted by Crippen LogP contribution is -2.11. The van der Waals surface area contributed by atoms with Gasteiger partial charge in [0.05, 0.1) is 0 Å². The molecule has 0 atom stereocenters. The number of nitrogens with one attached hydrogen (secondary N) is 2. The first-order valence-corrected chi connectivity index (χ1v) is 12.2. The van der Waals surface area contributed by atoms with Crippen LogP contribution in [0.1, 0.15) is 38.8 Å². The van der Waals surface area contributed by atoms with Gasteiger partial charge in [0.15, 0.2) is 0 Å². The molecule has 36 heavy (non-hydrogen) atoms. The van der Waals surface area contributed by atoms with Gasteiger partial charge in [0.25, 0.3) is 11.8 Å². The zero-order valence-electron chi connectivity index (χ0n) is 20.6. The highest BCUT2D eigenvalue weighted by Gasteiger charge is 2.08. The average molecular weight is 476 g/mol. The first-order valence-electron chi connectivity index (χ1n) is 12.2. The molecule has 0 aliphatic heterocycles. The van der Waals surface area contributed by atoms with Crippen LogP contribution in [0.25, 0.3) is 0 Å². The fourth-order valence-electron chi connectivity index (χ4n) is 3.76. The first-order chi connectivity index (χ1) is 17.5. The molecule has 0 aliphatic rings. The summed E-state index contributed by atoms with van der Waals surface area (Å²) in [5.74, 6) is 0.987. The van der Waals surface area contributed by atoms with E-state index in [-0.39, 0.29) is 11.8 Å². The van der Waals surface area contributed by atoms with Crippen molar-refractivity contribution in [3.63, 3.8) is 0 Å². The lowest BCUT2D eigenvalue weighted by molar-refractivity contribution is 0.101. The molecule has 0 saturated carbocycles. The van der Waals surface area contributed by atoms with Gasteiger partial charge in [0.2, 0.25) is 0 Å². The van der Waals surface area contributed by atoms with E-state index in [9.17, 15) is 9.59 Å². The Bertz CT molecular complexity index is 1300. The molecule has 0 heterocycles. The van der Waals surface area contributed by atoms with Gasteiger partial charge in [-0.15, -0.1) is 0 Å². The molecule has 2 amide bonds. The minimum absolute atomic E-state index is 0.148. The second kappa shape index (κ2) is 11.9. The Labute approximate surface area is 212 Å². The van der Waals surface area contributed by atoms with Crippen LogP contribution >= 0.6 is 0 Å². The number of ether oxygens (including phenoxy) is 1. The van der Waals surface area contributed by atoms with E-state index in [4.69, 9.17) is 4.74 Å². The Morgan fingerprint density at radius 2 is 1.06 bits per heavy atom. The average Bonchev–Trinajstić information content (AvgIpc) is 2.91. The highest BCUT2D eigenvalue weighted by molar-refractivity contribution is 6.32. The van der Waals surface area contributed by atoms with Gasteiger partial charge in [-0.1, -0.05) is 49.9 Å². The number of anilines is 2. The highest BCUT2D eigenvalue weighted by atomic mass is 16.5. The quantitative estimate of drug-likeness (QED) is 0.270. The zero-order chi connectivity index (χ0) is 25.3. The number of aryl methyl sites for hydroxylation is 1. The third-order valence-electron chi connectivity index (χ3n) is 5.84. The maximum absolute atomic E-state index is 12.5. The first kappa shape index (κ1) is 24.8. The normalized spacial score (nSPS) is 10.4. The van der Waals surface area contributed by atoms with Crippen molar-refractivity contribution in [1.82, 2.24) is 0 Å². The van der Waals surface area contributed by atoms with Crippen LogP contribution in [-0.2, 0) is 12.7 Å². The molecule has 0 aliphatic carbocycles. The second-order valence-corrected chi connectivity index (χ2v) is 8.56. The third-order valence-corrected chi connectivity index (χ3v) is 5.84.